The van der Waals surface area contributed by atoms with Crippen LogP contribution in [0.4, 0.5) is 21.0 Å². The first-order chi connectivity index (χ1) is 27.6. The molecule has 14 heteroatoms. The summed E-state index contributed by atoms with van der Waals surface area (Å²) in [7, 11) is 0. The number of urea groups is 1. The molecular formula is C43H53FN8O5. The van der Waals surface area contributed by atoms with Crippen molar-refractivity contribution < 1.29 is 28.1 Å². The Kier molecular flexibility index (Phi) is 11.3. The molecule has 3 aliphatic rings. The van der Waals surface area contributed by atoms with Crippen molar-refractivity contribution >= 4 is 23.4 Å². The number of amides is 2. The molecule has 0 spiro atoms. The number of piperidine rings is 1. The summed E-state index contributed by atoms with van der Waals surface area (Å²) in [5, 5.41) is 20.0. The highest BCUT2D eigenvalue weighted by Gasteiger charge is 2.31. The second kappa shape index (κ2) is 16.7. The van der Waals surface area contributed by atoms with Gasteiger partial charge in [-0.3, -0.25) is 9.72 Å². The zero-order valence-corrected chi connectivity index (χ0v) is 33.2. The molecule has 2 aliphatic heterocycles. The number of carbonyl (C=O) groups excluding carboxylic acids is 1. The van der Waals surface area contributed by atoms with E-state index in [1.54, 1.807) is 10.7 Å². The van der Waals surface area contributed by atoms with Crippen LogP contribution in [0.5, 0.6) is 11.5 Å². The van der Waals surface area contributed by atoms with Gasteiger partial charge >= 0.3 is 6.03 Å². The van der Waals surface area contributed by atoms with Gasteiger partial charge in [0.25, 0.3) is 0 Å². The van der Waals surface area contributed by atoms with Gasteiger partial charge in [0.05, 0.1) is 30.2 Å². The van der Waals surface area contributed by atoms with Crippen LogP contribution in [-0.2, 0) is 14.9 Å². The quantitative estimate of drug-likeness (QED) is 0.127. The first-order valence-corrected chi connectivity index (χ1v) is 20.3. The fourth-order valence-corrected chi connectivity index (χ4v) is 7.99. The lowest BCUT2D eigenvalue weighted by molar-refractivity contribution is -0.165. The van der Waals surface area contributed by atoms with Gasteiger partial charge < -0.3 is 29.2 Å². The Morgan fingerprint density at radius 3 is 2.58 bits per heavy atom. The van der Waals surface area contributed by atoms with Gasteiger partial charge in [0.15, 0.2) is 11.9 Å². The summed E-state index contributed by atoms with van der Waals surface area (Å²) in [6, 6.07) is 17.9. The number of carbonyl (C=O) groups is 1. The molecule has 2 aromatic carbocycles. The first-order valence-electron chi connectivity index (χ1n) is 20.3. The molecule has 1 aliphatic carbocycles. The molecule has 0 saturated carbocycles. The molecule has 3 aromatic heterocycles. The molecule has 302 valence electrons. The predicted octanol–water partition coefficient (Wildman–Crippen LogP) is 8.43. The second-order valence-electron chi connectivity index (χ2n) is 16.3. The average Bonchev–Trinajstić information content (AvgIpc) is 3.83. The van der Waals surface area contributed by atoms with Crippen molar-refractivity contribution in [3.05, 3.63) is 89.5 Å². The molecule has 4 atom stereocenters. The van der Waals surface area contributed by atoms with Crippen LogP contribution in [0.15, 0.2) is 66.9 Å². The Labute approximate surface area is 332 Å². The van der Waals surface area contributed by atoms with E-state index in [4.69, 9.17) is 24.0 Å². The minimum absolute atomic E-state index is 0.207. The Morgan fingerprint density at radius 2 is 1.77 bits per heavy atom. The third-order valence-corrected chi connectivity index (χ3v) is 11.1. The molecule has 2 amide bonds. The molecule has 2 N–H and O–H groups in total. The van der Waals surface area contributed by atoms with Gasteiger partial charge in [-0.15, -0.1) is 10.2 Å². The van der Waals surface area contributed by atoms with Gasteiger partial charge in [-0.05, 0) is 87.6 Å². The molecule has 2 fully saturated rings. The molecule has 2 saturated heterocycles. The monoisotopic (exact) mass is 780 g/mol. The number of ether oxygens (including phenoxy) is 4. The number of nitrogens with one attached hydrogen (secondary N) is 2. The summed E-state index contributed by atoms with van der Waals surface area (Å²) in [4.78, 5) is 16.1. The fourth-order valence-electron chi connectivity index (χ4n) is 7.99. The van der Waals surface area contributed by atoms with E-state index in [1.165, 1.54) is 18.6 Å². The van der Waals surface area contributed by atoms with E-state index >= 15 is 4.39 Å². The Bertz CT molecular complexity index is 2180. The lowest BCUT2D eigenvalue weighted by Gasteiger charge is -2.33. The second-order valence-corrected chi connectivity index (χ2v) is 16.3. The van der Waals surface area contributed by atoms with E-state index in [2.05, 4.69) is 38.7 Å². The number of halogens is 1. The van der Waals surface area contributed by atoms with Gasteiger partial charge in [-0.1, -0.05) is 45.0 Å². The van der Waals surface area contributed by atoms with Gasteiger partial charge in [-0.25, -0.2) is 13.9 Å². The van der Waals surface area contributed by atoms with E-state index in [-0.39, 0.29) is 30.5 Å². The number of hydrogen-bond donors (Lipinski definition) is 2. The number of aromatic nitrogens is 5. The van der Waals surface area contributed by atoms with Crippen LogP contribution in [-0.4, -0.2) is 69.1 Å². The summed E-state index contributed by atoms with van der Waals surface area (Å²) in [5.41, 5.74) is 3.60. The maximum absolute atomic E-state index is 15.0. The Balaban J connectivity index is 0.959. The number of hydrogen-bond acceptors (Lipinski definition) is 9. The summed E-state index contributed by atoms with van der Waals surface area (Å²) in [5.74, 6) is 1.82. The number of pyridine rings is 1. The van der Waals surface area contributed by atoms with Crippen LogP contribution in [0.25, 0.3) is 11.3 Å². The number of rotatable bonds is 11. The first kappa shape index (κ1) is 38.7. The highest BCUT2D eigenvalue weighted by atomic mass is 19.1. The van der Waals surface area contributed by atoms with E-state index in [9.17, 15) is 4.79 Å². The maximum Gasteiger partial charge on any atom is 0.320 e. The minimum atomic E-state index is -0.489. The third kappa shape index (κ3) is 8.86. The van der Waals surface area contributed by atoms with Crippen LogP contribution in [0.3, 0.4) is 0 Å². The lowest BCUT2D eigenvalue weighted by Crippen LogP contribution is -2.38. The van der Waals surface area contributed by atoms with Crippen molar-refractivity contribution in [3.63, 3.8) is 0 Å². The van der Waals surface area contributed by atoms with E-state index in [1.807, 2.05) is 67.8 Å². The number of fused-ring (bicyclic) bond motifs is 2. The smallest absolute Gasteiger partial charge is 0.320 e. The highest BCUT2D eigenvalue weighted by molar-refractivity contribution is 5.89. The van der Waals surface area contributed by atoms with Gasteiger partial charge in [-0.2, -0.15) is 5.10 Å². The SMILES string of the molecule is C[C@H]1CCCCN1c1nnc2ccc(O[C@@H]3CCC(NC(=O)Nc4cc(C(C)(C)C)nn4-c4cc(F)cc(OCCOC5CCCCO5)c4)c4ccccc43)cn12. The Hall–Kier alpha value is -5.21. The summed E-state index contributed by atoms with van der Waals surface area (Å²) >= 11 is 0. The normalized spacial score (nSPS) is 21.2. The van der Waals surface area contributed by atoms with E-state index < -0.39 is 11.8 Å². The largest absolute Gasteiger partial charge is 0.491 e. The van der Waals surface area contributed by atoms with Gasteiger partial charge in [0, 0.05) is 42.8 Å². The topological polar surface area (TPSA) is 129 Å². The molecule has 2 unspecified atom stereocenters. The lowest BCUT2D eigenvalue weighted by atomic mass is 9.85. The number of anilines is 2. The summed E-state index contributed by atoms with van der Waals surface area (Å²) in [6.45, 7) is 10.5. The van der Waals surface area contributed by atoms with Crippen molar-refractivity contribution in [1.29, 1.82) is 0 Å². The number of benzene rings is 2. The van der Waals surface area contributed by atoms with Crippen molar-refractivity contribution in [2.75, 3.05) is 36.6 Å². The van der Waals surface area contributed by atoms with Crippen LogP contribution in [0, 0.1) is 5.82 Å². The zero-order chi connectivity index (χ0) is 39.5. The molecule has 57 heavy (non-hydrogen) atoms. The molecular weight excluding hydrogens is 728 g/mol. The third-order valence-electron chi connectivity index (χ3n) is 11.1. The number of nitrogens with zero attached hydrogens (tertiary/aromatic N) is 6. The van der Waals surface area contributed by atoms with Crippen LogP contribution in [0.1, 0.15) is 108 Å². The van der Waals surface area contributed by atoms with Crippen LogP contribution < -0.4 is 25.0 Å². The van der Waals surface area contributed by atoms with Crippen molar-refractivity contribution in [3.8, 4) is 17.2 Å². The van der Waals surface area contributed by atoms with Crippen molar-refractivity contribution in [1.82, 2.24) is 29.7 Å². The molecule has 8 rings (SSSR count). The van der Waals surface area contributed by atoms with Crippen LogP contribution in [0.2, 0.25) is 0 Å². The molecule has 5 heterocycles. The zero-order valence-electron chi connectivity index (χ0n) is 33.2. The van der Waals surface area contributed by atoms with Crippen molar-refractivity contribution in [2.24, 2.45) is 0 Å². The summed E-state index contributed by atoms with van der Waals surface area (Å²) in [6.07, 6.45) is 9.36. The highest BCUT2D eigenvalue weighted by Crippen LogP contribution is 2.39. The average molecular weight is 781 g/mol. The molecule has 5 aromatic rings. The van der Waals surface area contributed by atoms with Gasteiger partial charge in [0.1, 0.15) is 35.8 Å². The van der Waals surface area contributed by atoms with E-state index in [0.717, 1.165) is 72.8 Å². The fraction of sp³-hybridized carbons (Fsp3) is 0.488. The summed E-state index contributed by atoms with van der Waals surface area (Å²) < 4.78 is 42.6. The standard InChI is InChI=1S/C43H53FN8O5/c1-28-11-7-9-19-50(28)42-48-47-38-18-15-31(27-51(38)42)57-36-17-16-35(33-12-5-6-13-34(33)36)45-41(53)46-39-26-37(43(2,3)4)49-52(39)30-23-29(44)24-32(25-30)54-21-22-56-40-14-8-10-20-55-40/h5-6,12-13,15,18,23-28,35-36,40H,7-11,14,16-17,19-22H2,1-4H3,(H2,45,46,53)/t28-,35?,36+,40?/m0/s1. The van der Waals surface area contributed by atoms with Crippen molar-refractivity contribution in [2.45, 2.75) is 109 Å². The van der Waals surface area contributed by atoms with E-state index in [0.29, 0.717) is 49.4 Å². The minimum Gasteiger partial charge on any atom is -0.491 e. The predicted molar refractivity (Wildman–Crippen MR) is 215 cm³/mol. The van der Waals surface area contributed by atoms with Crippen LogP contribution >= 0.6 is 0 Å². The maximum atomic E-state index is 15.0. The molecule has 13 nitrogen and oxygen atoms in total. The Morgan fingerprint density at radius 1 is 0.930 bits per heavy atom. The van der Waals surface area contributed by atoms with Gasteiger partial charge in [0.2, 0.25) is 5.95 Å². The molecule has 0 radical (unpaired) electrons. The molecule has 0 bridgehead atoms.